The number of halogens is 1. The Labute approximate surface area is 206 Å². The molecule has 0 radical (unpaired) electrons. The molecule has 2 aromatic carbocycles. The minimum Gasteiger partial charge on any atom is -0.496 e. The van der Waals surface area contributed by atoms with Crippen molar-refractivity contribution in [1.82, 2.24) is 30.0 Å². The zero-order valence-corrected chi connectivity index (χ0v) is 20.2. The van der Waals surface area contributed by atoms with E-state index in [2.05, 4.69) is 20.3 Å². The third kappa shape index (κ3) is 4.10. The molecule has 1 saturated heterocycles. The molecule has 1 fully saturated rings. The standard InChI is InChI=1S/C24H23ClN6O4/c1-14-15(6-4-8-20(14)33-2)23-28-22(29-35-23)18-7-5-11-30(18)24(32)16-12-21(34-3)17(25)13-19(16)31-26-9-10-27-31/h4,6,8-10,12-13,18H,5,7,11H2,1-3H3. The molecule has 0 bridgehead atoms. The highest BCUT2D eigenvalue weighted by Crippen LogP contribution is 2.37. The third-order valence-corrected chi connectivity index (χ3v) is 6.42. The monoisotopic (exact) mass is 494 g/mol. The molecule has 1 aliphatic heterocycles. The van der Waals surface area contributed by atoms with Gasteiger partial charge in [0.2, 0.25) is 0 Å². The molecule has 1 aliphatic rings. The molecule has 180 valence electrons. The van der Waals surface area contributed by atoms with E-state index in [0.717, 1.165) is 23.3 Å². The Bertz CT molecular complexity index is 1370. The molecule has 1 unspecified atom stereocenters. The van der Waals surface area contributed by atoms with Gasteiger partial charge in [0.15, 0.2) is 5.82 Å². The fourth-order valence-corrected chi connectivity index (χ4v) is 4.59. The van der Waals surface area contributed by atoms with E-state index in [4.69, 9.17) is 25.6 Å². The zero-order chi connectivity index (χ0) is 24.5. The lowest BCUT2D eigenvalue weighted by molar-refractivity contribution is 0.0727. The van der Waals surface area contributed by atoms with E-state index in [1.807, 2.05) is 25.1 Å². The van der Waals surface area contributed by atoms with Crippen LogP contribution in [0.1, 0.15) is 40.6 Å². The first kappa shape index (κ1) is 22.9. The summed E-state index contributed by atoms with van der Waals surface area (Å²) in [6.07, 6.45) is 4.58. The minimum absolute atomic E-state index is 0.223. The summed E-state index contributed by atoms with van der Waals surface area (Å²) < 4.78 is 16.4. The van der Waals surface area contributed by atoms with Crippen LogP contribution in [0, 0.1) is 6.92 Å². The van der Waals surface area contributed by atoms with E-state index >= 15 is 0 Å². The number of hydrogen-bond donors (Lipinski definition) is 0. The van der Waals surface area contributed by atoms with Gasteiger partial charge in [0, 0.05) is 17.7 Å². The van der Waals surface area contributed by atoms with Crippen LogP contribution in [0.25, 0.3) is 17.1 Å². The average Bonchev–Trinajstić information content (AvgIpc) is 3.65. The van der Waals surface area contributed by atoms with E-state index in [-0.39, 0.29) is 11.9 Å². The first-order valence-corrected chi connectivity index (χ1v) is 11.4. The molecule has 5 rings (SSSR count). The van der Waals surface area contributed by atoms with Gasteiger partial charge in [0.1, 0.15) is 17.2 Å². The first-order valence-electron chi connectivity index (χ1n) is 11.0. The molecule has 1 amide bonds. The smallest absolute Gasteiger partial charge is 0.258 e. The van der Waals surface area contributed by atoms with Crippen molar-refractivity contribution < 1.29 is 18.8 Å². The van der Waals surface area contributed by atoms with Crippen LogP contribution in [-0.2, 0) is 0 Å². The molecule has 2 aromatic heterocycles. The van der Waals surface area contributed by atoms with E-state index < -0.39 is 0 Å². The van der Waals surface area contributed by atoms with Crippen molar-refractivity contribution in [3.8, 4) is 28.6 Å². The summed E-state index contributed by atoms with van der Waals surface area (Å²) in [4.78, 5) is 21.5. The van der Waals surface area contributed by atoms with E-state index in [0.29, 0.717) is 46.7 Å². The number of hydrogen-bond acceptors (Lipinski definition) is 8. The zero-order valence-electron chi connectivity index (χ0n) is 19.4. The van der Waals surface area contributed by atoms with Gasteiger partial charge in [-0.1, -0.05) is 22.8 Å². The Morgan fingerprint density at radius 2 is 1.91 bits per heavy atom. The molecular weight excluding hydrogens is 472 g/mol. The van der Waals surface area contributed by atoms with Gasteiger partial charge in [-0.25, -0.2) is 0 Å². The molecular formula is C24H23ClN6O4. The van der Waals surface area contributed by atoms with Crippen LogP contribution in [0.3, 0.4) is 0 Å². The van der Waals surface area contributed by atoms with Crippen LogP contribution in [-0.4, -0.2) is 56.7 Å². The molecule has 0 aliphatic carbocycles. The van der Waals surface area contributed by atoms with E-state index in [9.17, 15) is 4.79 Å². The summed E-state index contributed by atoms with van der Waals surface area (Å²) >= 11 is 6.34. The fourth-order valence-electron chi connectivity index (χ4n) is 4.36. The maximum Gasteiger partial charge on any atom is 0.258 e. The lowest BCUT2D eigenvalue weighted by Gasteiger charge is -2.23. The number of likely N-dealkylation sites (tertiary alicyclic amines) is 1. The Morgan fingerprint density at radius 3 is 2.66 bits per heavy atom. The summed E-state index contributed by atoms with van der Waals surface area (Å²) in [6.45, 7) is 2.48. The quantitative estimate of drug-likeness (QED) is 0.391. The lowest BCUT2D eigenvalue weighted by Crippen LogP contribution is -2.32. The topological polar surface area (TPSA) is 108 Å². The van der Waals surface area contributed by atoms with Gasteiger partial charge in [0.25, 0.3) is 11.8 Å². The second kappa shape index (κ2) is 9.38. The van der Waals surface area contributed by atoms with Crippen molar-refractivity contribution in [3.05, 3.63) is 64.7 Å². The van der Waals surface area contributed by atoms with Crippen molar-refractivity contribution in [1.29, 1.82) is 0 Å². The van der Waals surface area contributed by atoms with Crippen molar-refractivity contribution in [3.63, 3.8) is 0 Å². The van der Waals surface area contributed by atoms with Crippen LogP contribution < -0.4 is 9.47 Å². The van der Waals surface area contributed by atoms with E-state index in [1.165, 1.54) is 24.3 Å². The number of carbonyl (C=O) groups excluding carboxylic acids is 1. The number of amides is 1. The van der Waals surface area contributed by atoms with Gasteiger partial charge >= 0.3 is 0 Å². The molecule has 11 heteroatoms. The summed E-state index contributed by atoms with van der Waals surface area (Å²) in [6, 6.07) is 8.54. The lowest BCUT2D eigenvalue weighted by atomic mass is 10.1. The molecule has 10 nitrogen and oxygen atoms in total. The number of rotatable bonds is 6. The van der Waals surface area contributed by atoms with Gasteiger partial charge in [-0.15, -0.1) is 0 Å². The van der Waals surface area contributed by atoms with Crippen LogP contribution in [0.2, 0.25) is 5.02 Å². The van der Waals surface area contributed by atoms with Gasteiger partial charge < -0.3 is 18.9 Å². The summed E-state index contributed by atoms with van der Waals surface area (Å²) in [7, 11) is 3.12. The highest BCUT2D eigenvalue weighted by atomic mass is 35.5. The summed E-state index contributed by atoms with van der Waals surface area (Å²) in [5.41, 5.74) is 2.50. The molecule has 1 atom stereocenters. The Kier molecular flexibility index (Phi) is 6.12. The van der Waals surface area contributed by atoms with Crippen LogP contribution in [0.15, 0.2) is 47.2 Å². The third-order valence-electron chi connectivity index (χ3n) is 6.12. The van der Waals surface area contributed by atoms with Crippen LogP contribution in [0.4, 0.5) is 0 Å². The number of benzene rings is 2. The highest BCUT2D eigenvalue weighted by Gasteiger charge is 2.36. The molecule has 0 N–H and O–H groups in total. The molecule has 3 heterocycles. The van der Waals surface area contributed by atoms with Crippen molar-refractivity contribution >= 4 is 17.5 Å². The number of carbonyl (C=O) groups is 1. The van der Waals surface area contributed by atoms with Crippen molar-refractivity contribution in [2.24, 2.45) is 0 Å². The summed E-state index contributed by atoms with van der Waals surface area (Å²) in [5, 5.41) is 12.9. The average molecular weight is 495 g/mol. The van der Waals surface area contributed by atoms with Gasteiger partial charge in [-0.2, -0.15) is 20.0 Å². The second-order valence-electron chi connectivity index (χ2n) is 8.07. The van der Waals surface area contributed by atoms with Crippen LogP contribution in [0.5, 0.6) is 11.5 Å². The SMILES string of the molecule is COc1cc(C(=O)N2CCCC2c2noc(-c3cccc(OC)c3C)n2)c(-n2nccn2)cc1Cl. The van der Waals surface area contributed by atoms with Crippen molar-refractivity contribution in [2.75, 3.05) is 20.8 Å². The van der Waals surface area contributed by atoms with E-state index in [1.54, 1.807) is 24.1 Å². The molecule has 0 saturated carbocycles. The van der Waals surface area contributed by atoms with Crippen molar-refractivity contribution in [2.45, 2.75) is 25.8 Å². The Hall–Kier alpha value is -3.92. The number of ether oxygens (including phenoxy) is 2. The number of methoxy groups -OCH3 is 2. The normalized spacial score (nSPS) is 15.4. The second-order valence-corrected chi connectivity index (χ2v) is 8.48. The maximum atomic E-state index is 13.8. The van der Waals surface area contributed by atoms with Crippen LogP contribution >= 0.6 is 11.6 Å². The maximum absolute atomic E-state index is 13.8. The largest absolute Gasteiger partial charge is 0.496 e. The molecule has 0 spiro atoms. The predicted molar refractivity (Wildman–Crippen MR) is 127 cm³/mol. The van der Waals surface area contributed by atoms with Gasteiger partial charge in [0.05, 0.1) is 43.2 Å². The van der Waals surface area contributed by atoms with Gasteiger partial charge in [-0.3, -0.25) is 4.79 Å². The number of aromatic nitrogens is 5. The summed E-state index contributed by atoms with van der Waals surface area (Å²) in [5.74, 6) is 1.73. The molecule has 35 heavy (non-hydrogen) atoms. The predicted octanol–water partition coefficient (Wildman–Crippen LogP) is 4.27. The Balaban J connectivity index is 1.49. The highest BCUT2D eigenvalue weighted by molar-refractivity contribution is 6.32. The van der Waals surface area contributed by atoms with Gasteiger partial charge in [-0.05, 0) is 44.0 Å². The Morgan fingerprint density at radius 1 is 1.14 bits per heavy atom. The fraction of sp³-hybridized carbons (Fsp3) is 0.292. The molecule has 4 aromatic rings. The number of nitrogens with zero attached hydrogens (tertiary/aromatic N) is 6. The minimum atomic E-state index is -0.342. The first-order chi connectivity index (χ1) is 17.0.